The van der Waals surface area contributed by atoms with Crippen LogP contribution in [-0.2, 0) is 6.42 Å². The number of hydrogen-bond donors (Lipinski definition) is 0. The fourth-order valence-electron chi connectivity index (χ4n) is 1.33. The lowest BCUT2D eigenvalue weighted by molar-refractivity contribution is 0.619. The minimum Gasteiger partial charge on any atom is -0.264 e. The molecule has 0 aliphatic rings. The Morgan fingerprint density at radius 1 is 1.40 bits per heavy atom. The smallest absolute Gasteiger partial charge is 0.0980 e. The molecule has 76 valence electrons. The molecule has 0 saturated carbocycles. The van der Waals surface area contributed by atoms with Crippen LogP contribution in [0.5, 0.6) is 0 Å². The molecule has 0 saturated heterocycles. The molecule has 15 heavy (non-hydrogen) atoms. The number of pyridine rings is 1. The number of nitrogens with zero attached hydrogens (tertiary/aromatic N) is 1. The van der Waals surface area contributed by atoms with Crippen molar-refractivity contribution in [3.8, 4) is 10.4 Å². The van der Waals surface area contributed by atoms with Gasteiger partial charge in [-0.15, -0.1) is 11.3 Å². The molecule has 0 radical (unpaired) electrons. The van der Waals surface area contributed by atoms with Gasteiger partial charge in [-0.3, -0.25) is 4.98 Å². The van der Waals surface area contributed by atoms with Gasteiger partial charge in [-0.25, -0.2) is 4.39 Å². The summed E-state index contributed by atoms with van der Waals surface area (Å²) < 4.78 is 12.6. The van der Waals surface area contributed by atoms with Gasteiger partial charge in [0, 0.05) is 34.1 Å². The van der Waals surface area contributed by atoms with Crippen LogP contribution in [0.2, 0.25) is 0 Å². The average molecular weight is 219 g/mol. The van der Waals surface area contributed by atoms with E-state index in [1.54, 1.807) is 23.7 Å². The second-order valence-electron chi connectivity index (χ2n) is 3.20. The fraction of sp³-hybridized carbons (Fsp3) is 0.0833. The van der Waals surface area contributed by atoms with Gasteiger partial charge in [0.2, 0.25) is 0 Å². The highest BCUT2D eigenvalue weighted by atomic mass is 32.1. The van der Waals surface area contributed by atoms with Gasteiger partial charge in [-0.05, 0) is 18.2 Å². The summed E-state index contributed by atoms with van der Waals surface area (Å²) in [5.41, 5.74) is 1.07. The van der Waals surface area contributed by atoms with Gasteiger partial charge < -0.3 is 0 Å². The van der Waals surface area contributed by atoms with Crippen molar-refractivity contribution in [2.75, 3.05) is 0 Å². The van der Waals surface area contributed by atoms with E-state index in [9.17, 15) is 4.39 Å². The van der Waals surface area contributed by atoms with E-state index in [1.165, 1.54) is 0 Å². The molecule has 0 unspecified atom stereocenters. The normalized spacial score (nSPS) is 10.2. The molecule has 0 amide bonds. The Morgan fingerprint density at radius 3 is 2.93 bits per heavy atom. The quantitative estimate of drug-likeness (QED) is 0.764. The molecule has 3 heteroatoms. The lowest BCUT2D eigenvalue weighted by atomic mass is 10.2. The van der Waals surface area contributed by atoms with Crippen LogP contribution in [0.25, 0.3) is 10.4 Å². The highest BCUT2D eigenvalue weighted by Gasteiger charge is 2.03. The Bertz CT molecular complexity index is 461. The summed E-state index contributed by atoms with van der Waals surface area (Å²) in [5, 5.41) is 0. The van der Waals surface area contributed by atoms with Crippen molar-refractivity contribution in [2.24, 2.45) is 0 Å². The van der Waals surface area contributed by atoms with Crippen molar-refractivity contribution in [3.05, 3.63) is 53.9 Å². The number of halogens is 1. The van der Waals surface area contributed by atoms with Crippen LogP contribution in [-0.4, -0.2) is 4.98 Å². The molecule has 0 bridgehead atoms. The molecule has 0 N–H and O–H groups in total. The topological polar surface area (TPSA) is 12.9 Å². The number of thiophene rings is 1. The number of allylic oxidation sites excluding steroid dienone is 1. The zero-order chi connectivity index (χ0) is 10.7. The van der Waals surface area contributed by atoms with Gasteiger partial charge in [0.25, 0.3) is 0 Å². The summed E-state index contributed by atoms with van der Waals surface area (Å²) in [5.74, 6) is -0.297. The maximum atomic E-state index is 12.6. The van der Waals surface area contributed by atoms with Gasteiger partial charge in [0.05, 0.1) is 5.83 Å². The SMILES string of the molecule is C=C(F)Cc1ccc(-c2cccnc2)s1. The van der Waals surface area contributed by atoms with Gasteiger partial charge in [-0.2, -0.15) is 0 Å². The molecule has 2 rings (SSSR count). The molecule has 2 aromatic heterocycles. The van der Waals surface area contributed by atoms with Crippen molar-refractivity contribution >= 4 is 11.3 Å². The van der Waals surface area contributed by atoms with Crippen LogP contribution < -0.4 is 0 Å². The van der Waals surface area contributed by atoms with Crippen molar-refractivity contribution < 1.29 is 4.39 Å². The van der Waals surface area contributed by atoms with E-state index >= 15 is 0 Å². The van der Waals surface area contributed by atoms with Gasteiger partial charge in [0.15, 0.2) is 0 Å². The molecule has 0 fully saturated rings. The van der Waals surface area contributed by atoms with Crippen LogP contribution in [0.15, 0.2) is 49.1 Å². The minimum absolute atomic E-state index is 0.297. The third-order valence-electron chi connectivity index (χ3n) is 1.97. The zero-order valence-corrected chi connectivity index (χ0v) is 8.93. The highest BCUT2D eigenvalue weighted by molar-refractivity contribution is 7.15. The molecule has 0 atom stereocenters. The first-order chi connectivity index (χ1) is 7.25. The average Bonchev–Trinajstić information content (AvgIpc) is 2.67. The minimum atomic E-state index is -0.297. The molecular weight excluding hydrogens is 209 g/mol. The van der Waals surface area contributed by atoms with Gasteiger partial charge >= 0.3 is 0 Å². The summed E-state index contributed by atoms with van der Waals surface area (Å²) >= 11 is 1.57. The highest BCUT2D eigenvalue weighted by Crippen LogP contribution is 2.28. The van der Waals surface area contributed by atoms with E-state index in [1.807, 2.05) is 24.3 Å². The number of rotatable bonds is 3. The standard InChI is InChI=1S/C12H10FNS/c1-9(13)7-11-4-5-12(15-11)10-3-2-6-14-8-10/h2-6,8H,1,7H2. The first kappa shape index (κ1) is 10.1. The molecule has 0 aliphatic heterocycles. The number of aromatic nitrogens is 1. The Balaban J connectivity index is 2.24. The molecule has 2 heterocycles. The summed E-state index contributed by atoms with van der Waals surface area (Å²) in [4.78, 5) is 6.14. The number of hydrogen-bond acceptors (Lipinski definition) is 2. The summed E-state index contributed by atoms with van der Waals surface area (Å²) in [6.07, 6.45) is 3.85. The Kier molecular flexibility index (Phi) is 2.92. The Labute approximate surface area is 91.9 Å². The predicted octanol–water partition coefficient (Wildman–Crippen LogP) is 3.84. The van der Waals surface area contributed by atoms with E-state index in [0.717, 1.165) is 15.3 Å². The van der Waals surface area contributed by atoms with Gasteiger partial charge in [0.1, 0.15) is 0 Å². The van der Waals surface area contributed by atoms with Crippen LogP contribution in [0.3, 0.4) is 0 Å². The lowest BCUT2D eigenvalue weighted by Crippen LogP contribution is -1.76. The third-order valence-corrected chi connectivity index (χ3v) is 3.11. The maximum Gasteiger partial charge on any atom is 0.0980 e. The molecular formula is C12H10FNS. The molecule has 2 aromatic rings. The lowest BCUT2D eigenvalue weighted by Gasteiger charge is -1.94. The summed E-state index contributed by atoms with van der Waals surface area (Å²) in [6, 6.07) is 7.80. The third kappa shape index (κ3) is 2.50. The first-order valence-electron chi connectivity index (χ1n) is 4.58. The van der Waals surface area contributed by atoms with Crippen LogP contribution in [0.4, 0.5) is 4.39 Å². The monoisotopic (exact) mass is 219 g/mol. The van der Waals surface area contributed by atoms with Crippen molar-refractivity contribution in [2.45, 2.75) is 6.42 Å². The van der Waals surface area contributed by atoms with Crippen LogP contribution in [0.1, 0.15) is 4.88 Å². The predicted molar refractivity (Wildman–Crippen MR) is 61.5 cm³/mol. The summed E-state index contributed by atoms with van der Waals surface area (Å²) in [6.45, 7) is 3.26. The van der Waals surface area contributed by atoms with Crippen LogP contribution >= 0.6 is 11.3 Å². The second kappa shape index (κ2) is 4.36. The maximum absolute atomic E-state index is 12.6. The van der Waals surface area contributed by atoms with Crippen molar-refractivity contribution in [3.63, 3.8) is 0 Å². The van der Waals surface area contributed by atoms with E-state index in [4.69, 9.17) is 0 Å². The molecule has 0 aliphatic carbocycles. The second-order valence-corrected chi connectivity index (χ2v) is 4.37. The van der Waals surface area contributed by atoms with Crippen molar-refractivity contribution in [1.82, 2.24) is 4.98 Å². The van der Waals surface area contributed by atoms with E-state index in [0.29, 0.717) is 6.42 Å². The Hall–Kier alpha value is -1.48. The Morgan fingerprint density at radius 2 is 2.27 bits per heavy atom. The van der Waals surface area contributed by atoms with Gasteiger partial charge in [-0.1, -0.05) is 12.6 Å². The van der Waals surface area contributed by atoms with E-state index < -0.39 is 0 Å². The zero-order valence-electron chi connectivity index (χ0n) is 8.11. The molecule has 0 aromatic carbocycles. The molecule has 0 spiro atoms. The van der Waals surface area contributed by atoms with Crippen LogP contribution in [0, 0.1) is 0 Å². The largest absolute Gasteiger partial charge is 0.264 e. The first-order valence-corrected chi connectivity index (χ1v) is 5.40. The molecule has 1 nitrogen and oxygen atoms in total. The van der Waals surface area contributed by atoms with E-state index in [-0.39, 0.29) is 5.83 Å². The van der Waals surface area contributed by atoms with E-state index in [2.05, 4.69) is 11.6 Å². The summed E-state index contributed by atoms with van der Waals surface area (Å²) in [7, 11) is 0. The fourth-order valence-corrected chi connectivity index (χ4v) is 2.35. The van der Waals surface area contributed by atoms with Crippen molar-refractivity contribution in [1.29, 1.82) is 0 Å².